The lowest BCUT2D eigenvalue weighted by molar-refractivity contribution is -0.151. The van der Waals surface area contributed by atoms with Gasteiger partial charge in [-0.3, -0.25) is 4.79 Å². The van der Waals surface area contributed by atoms with Crippen LogP contribution in [0.4, 0.5) is 0 Å². The van der Waals surface area contributed by atoms with E-state index in [4.69, 9.17) is 21.4 Å². The van der Waals surface area contributed by atoms with Crippen LogP contribution in [-0.2, 0) is 14.3 Å². The molecule has 114 valence electrons. The number of halogens is 1. The highest BCUT2D eigenvalue weighted by Gasteiger charge is 2.35. The number of carbonyl (C=O) groups excluding carboxylic acids is 1. The Labute approximate surface area is 128 Å². The summed E-state index contributed by atoms with van der Waals surface area (Å²) in [6.07, 6.45) is -0.0446. The van der Waals surface area contributed by atoms with E-state index < -0.39 is 18.2 Å². The number of ether oxygens (including phenoxy) is 1. The molecule has 21 heavy (non-hydrogen) atoms. The van der Waals surface area contributed by atoms with E-state index in [9.17, 15) is 9.59 Å². The van der Waals surface area contributed by atoms with E-state index in [0.717, 1.165) is 12.0 Å². The van der Waals surface area contributed by atoms with Gasteiger partial charge in [-0.2, -0.15) is 0 Å². The summed E-state index contributed by atoms with van der Waals surface area (Å²) in [5.74, 6) is -1.28. The molecule has 0 radical (unpaired) electrons. The van der Waals surface area contributed by atoms with Gasteiger partial charge < -0.3 is 15.2 Å². The number of amides is 1. The van der Waals surface area contributed by atoms with Crippen LogP contribution in [0.25, 0.3) is 0 Å². The monoisotopic (exact) mass is 311 g/mol. The maximum atomic E-state index is 12.2. The molecule has 5 nitrogen and oxygen atoms in total. The fraction of sp³-hybridized carbons (Fsp3) is 0.467. The molecule has 3 atom stereocenters. The summed E-state index contributed by atoms with van der Waals surface area (Å²) < 4.78 is 5.25. The van der Waals surface area contributed by atoms with Crippen molar-refractivity contribution in [3.8, 4) is 0 Å². The Morgan fingerprint density at radius 2 is 1.95 bits per heavy atom. The van der Waals surface area contributed by atoms with Crippen LogP contribution in [0.2, 0.25) is 5.02 Å². The van der Waals surface area contributed by atoms with Crippen LogP contribution < -0.4 is 5.32 Å². The third kappa shape index (κ3) is 3.95. The maximum absolute atomic E-state index is 12.2. The fourth-order valence-corrected chi connectivity index (χ4v) is 2.52. The Kier molecular flexibility index (Phi) is 5.20. The first kappa shape index (κ1) is 15.8. The molecule has 1 heterocycles. The van der Waals surface area contributed by atoms with Crippen molar-refractivity contribution in [2.24, 2.45) is 0 Å². The summed E-state index contributed by atoms with van der Waals surface area (Å²) in [7, 11) is 0. The number of hydrogen-bond donors (Lipinski definition) is 2. The van der Waals surface area contributed by atoms with Gasteiger partial charge in [0.05, 0.1) is 6.04 Å². The van der Waals surface area contributed by atoms with Gasteiger partial charge in [0.15, 0.2) is 6.10 Å². The minimum absolute atomic E-state index is 0.137. The average Bonchev–Trinajstić information content (AvgIpc) is 2.96. The minimum Gasteiger partial charge on any atom is -0.479 e. The molecule has 0 saturated carbocycles. The van der Waals surface area contributed by atoms with Crippen LogP contribution in [-0.4, -0.2) is 29.2 Å². The number of carboxylic acids is 1. The van der Waals surface area contributed by atoms with Crippen LogP contribution in [0.5, 0.6) is 0 Å². The van der Waals surface area contributed by atoms with Gasteiger partial charge in [-0.25, -0.2) is 4.79 Å². The second-order valence-corrected chi connectivity index (χ2v) is 5.49. The molecule has 0 aliphatic carbocycles. The molecule has 1 saturated heterocycles. The predicted octanol–water partition coefficient (Wildman–Crippen LogP) is 2.54. The smallest absolute Gasteiger partial charge is 0.332 e. The summed E-state index contributed by atoms with van der Waals surface area (Å²) in [5, 5.41) is 12.4. The molecule has 1 aromatic carbocycles. The molecule has 1 aromatic rings. The SMILES string of the molecule is CCC(NC(=O)C1CCC(C(=O)O)O1)c1ccc(Cl)cc1. The largest absolute Gasteiger partial charge is 0.479 e. The molecule has 2 N–H and O–H groups in total. The highest BCUT2D eigenvalue weighted by Crippen LogP contribution is 2.23. The molecule has 1 aliphatic heterocycles. The zero-order valence-corrected chi connectivity index (χ0v) is 12.5. The molecule has 0 aromatic heterocycles. The number of hydrogen-bond acceptors (Lipinski definition) is 3. The molecule has 1 amide bonds. The van der Waals surface area contributed by atoms with Gasteiger partial charge in [0.1, 0.15) is 6.10 Å². The lowest BCUT2D eigenvalue weighted by atomic mass is 10.0. The van der Waals surface area contributed by atoms with E-state index in [1.165, 1.54) is 0 Å². The lowest BCUT2D eigenvalue weighted by Crippen LogP contribution is -2.37. The van der Waals surface area contributed by atoms with Crippen molar-refractivity contribution < 1.29 is 19.4 Å². The Hall–Kier alpha value is -1.59. The Balaban J connectivity index is 1.97. The van der Waals surface area contributed by atoms with Gasteiger partial charge >= 0.3 is 5.97 Å². The number of carbonyl (C=O) groups is 2. The van der Waals surface area contributed by atoms with Gasteiger partial charge in [0.2, 0.25) is 5.91 Å². The van der Waals surface area contributed by atoms with Gasteiger partial charge in [0.25, 0.3) is 0 Å². The lowest BCUT2D eigenvalue weighted by Gasteiger charge is -2.20. The van der Waals surface area contributed by atoms with Crippen molar-refractivity contribution in [2.45, 2.75) is 44.4 Å². The third-order valence-electron chi connectivity index (χ3n) is 3.58. The van der Waals surface area contributed by atoms with Crippen molar-refractivity contribution in [3.05, 3.63) is 34.9 Å². The average molecular weight is 312 g/mol. The molecule has 1 fully saturated rings. The Bertz CT molecular complexity index is 517. The molecule has 1 aliphatic rings. The maximum Gasteiger partial charge on any atom is 0.332 e. The predicted molar refractivity (Wildman–Crippen MR) is 78.2 cm³/mol. The van der Waals surface area contributed by atoms with Crippen molar-refractivity contribution in [3.63, 3.8) is 0 Å². The standard InChI is InChI=1S/C15H18ClNO4/c1-2-11(9-3-5-10(16)6-4-9)17-14(18)12-7-8-13(21-12)15(19)20/h3-6,11-13H,2,7-8H2,1H3,(H,17,18)(H,19,20). The van der Waals surface area contributed by atoms with Crippen LogP contribution in [0.3, 0.4) is 0 Å². The van der Waals surface area contributed by atoms with Crippen LogP contribution in [0.15, 0.2) is 24.3 Å². The van der Waals surface area contributed by atoms with Crippen LogP contribution >= 0.6 is 11.6 Å². The highest BCUT2D eigenvalue weighted by atomic mass is 35.5. The van der Waals surface area contributed by atoms with E-state index >= 15 is 0 Å². The number of carboxylic acid groups (broad SMARTS) is 1. The van der Waals surface area contributed by atoms with E-state index in [-0.39, 0.29) is 11.9 Å². The van der Waals surface area contributed by atoms with Crippen LogP contribution in [0.1, 0.15) is 37.8 Å². The Morgan fingerprint density at radius 3 is 2.48 bits per heavy atom. The first-order chi connectivity index (χ1) is 10.0. The zero-order chi connectivity index (χ0) is 15.4. The summed E-state index contributed by atoms with van der Waals surface area (Å²) >= 11 is 5.85. The topological polar surface area (TPSA) is 75.6 Å². The van der Waals surface area contributed by atoms with Gasteiger partial charge in [0, 0.05) is 5.02 Å². The van der Waals surface area contributed by atoms with Gasteiger partial charge in [-0.05, 0) is 37.0 Å². The van der Waals surface area contributed by atoms with E-state index in [0.29, 0.717) is 17.9 Å². The van der Waals surface area contributed by atoms with Crippen molar-refractivity contribution >= 4 is 23.5 Å². The number of benzene rings is 1. The normalized spacial score (nSPS) is 22.8. The van der Waals surface area contributed by atoms with Gasteiger partial charge in [-0.1, -0.05) is 30.7 Å². The molecule has 3 unspecified atom stereocenters. The molecule has 0 bridgehead atoms. The molecule has 0 spiro atoms. The number of nitrogens with one attached hydrogen (secondary N) is 1. The first-order valence-electron chi connectivity index (χ1n) is 6.95. The minimum atomic E-state index is -1.02. The first-order valence-corrected chi connectivity index (χ1v) is 7.33. The summed E-state index contributed by atoms with van der Waals surface area (Å²) in [5.41, 5.74) is 0.961. The molecule has 2 rings (SSSR count). The van der Waals surface area contributed by atoms with Crippen molar-refractivity contribution in [1.29, 1.82) is 0 Å². The fourth-order valence-electron chi connectivity index (χ4n) is 2.39. The van der Waals surface area contributed by atoms with E-state index in [2.05, 4.69) is 5.32 Å². The third-order valence-corrected chi connectivity index (χ3v) is 3.84. The van der Waals surface area contributed by atoms with E-state index in [1.807, 2.05) is 19.1 Å². The Morgan fingerprint density at radius 1 is 1.33 bits per heavy atom. The molecule has 6 heteroatoms. The van der Waals surface area contributed by atoms with Crippen molar-refractivity contribution in [2.75, 3.05) is 0 Å². The second-order valence-electron chi connectivity index (χ2n) is 5.05. The van der Waals surface area contributed by atoms with Gasteiger partial charge in [-0.15, -0.1) is 0 Å². The highest BCUT2D eigenvalue weighted by molar-refractivity contribution is 6.30. The van der Waals surface area contributed by atoms with E-state index in [1.54, 1.807) is 12.1 Å². The zero-order valence-electron chi connectivity index (χ0n) is 11.7. The second kappa shape index (κ2) is 6.91. The molecular formula is C15H18ClNO4. The van der Waals surface area contributed by atoms with Crippen LogP contribution in [0, 0.1) is 0 Å². The number of aliphatic carboxylic acids is 1. The summed E-state index contributed by atoms with van der Waals surface area (Å²) in [4.78, 5) is 23.0. The summed E-state index contributed by atoms with van der Waals surface area (Å²) in [6.45, 7) is 1.97. The molecular weight excluding hydrogens is 294 g/mol. The summed E-state index contributed by atoms with van der Waals surface area (Å²) in [6, 6.07) is 7.15. The van der Waals surface area contributed by atoms with Crippen molar-refractivity contribution in [1.82, 2.24) is 5.32 Å². The number of rotatable bonds is 5. The quantitative estimate of drug-likeness (QED) is 0.876.